The Bertz CT molecular complexity index is 494. The van der Waals surface area contributed by atoms with Crippen LogP contribution in [0.3, 0.4) is 0 Å². The summed E-state index contributed by atoms with van der Waals surface area (Å²) in [6.45, 7) is 6.86. The molecule has 2 rings (SSSR count). The van der Waals surface area contributed by atoms with Crippen molar-refractivity contribution in [3.8, 4) is 0 Å². The summed E-state index contributed by atoms with van der Waals surface area (Å²) >= 11 is 1.70. The molecule has 0 saturated heterocycles. The molecule has 0 unspecified atom stereocenters. The van der Waals surface area contributed by atoms with Gasteiger partial charge < -0.3 is 15.4 Å². The maximum Gasteiger partial charge on any atom is 0.191 e. The summed E-state index contributed by atoms with van der Waals surface area (Å²) < 4.78 is 5.20. The lowest BCUT2D eigenvalue weighted by atomic mass is 10.0. The third kappa shape index (κ3) is 4.95. The van der Waals surface area contributed by atoms with Gasteiger partial charge in [-0.2, -0.15) is 0 Å². The second-order valence-electron chi connectivity index (χ2n) is 6.34. The van der Waals surface area contributed by atoms with Gasteiger partial charge in [-0.15, -0.1) is 11.3 Å². The summed E-state index contributed by atoms with van der Waals surface area (Å²) in [6, 6.07) is 0. The van der Waals surface area contributed by atoms with Gasteiger partial charge in [0.2, 0.25) is 0 Å². The van der Waals surface area contributed by atoms with Crippen LogP contribution in [-0.4, -0.2) is 38.3 Å². The first kappa shape index (κ1) is 17.2. The third-order valence-corrected chi connectivity index (χ3v) is 5.08. The van der Waals surface area contributed by atoms with Gasteiger partial charge in [0.1, 0.15) is 5.01 Å². The highest BCUT2D eigenvalue weighted by Gasteiger charge is 2.41. The van der Waals surface area contributed by atoms with E-state index in [9.17, 15) is 0 Å². The molecule has 0 amide bonds. The predicted octanol–water partition coefficient (Wildman–Crippen LogP) is 2.75. The van der Waals surface area contributed by atoms with Crippen LogP contribution in [0.5, 0.6) is 0 Å². The standard InChI is InChI=1S/C16H28N4OS/c1-12(2)13-10-22-14(20-13)9-18-15(17-3)19-11-16(5-6-16)7-8-21-4/h10,12H,5-9,11H2,1-4H3,(H2,17,18,19). The monoisotopic (exact) mass is 324 g/mol. The fourth-order valence-corrected chi connectivity index (χ4v) is 3.23. The Kier molecular flexibility index (Phi) is 6.20. The Morgan fingerprint density at radius 1 is 1.45 bits per heavy atom. The molecular formula is C16H28N4OS. The van der Waals surface area contributed by atoms with E-state index in [-0.39, 0.29) is 0 Å². The van der Waals surface area contributed by atoms with Crippen LogP contribution in [0.1, 0.15) is 49.7 Å². The Morgan fingerprint density at radius 2 is 2.23 bits per heavy atom. The Balaban J connectivity index is 1.75. The quantitative estimate of drug-likeness (QED) is 0.570. The molecule has 0 radical (unpaired) electrons. The number of aromatic nitrogens is 1. The maximum absolute atomic E-state index is 5.20. The average molecular weight is 324 g/mol. The molecular weight excluding hydrogens is 296 g/mol. The molecule has 124 valence electrons. The molecule has 0 atom stereocenters. The van der Waals surface area contributed by atoms with E-state index in [1.165, 1.54) is 18.5 Å². The molecule has 0 aliphatic heterocycles. The third-order valence-electron chi connectivity index (χ3n) is 4.22. The molecule has 2 N–H and O–H groups in total. The van der Waals surface area contributed by atoms with E-state index in [0.29, 0.717) is 11.3 Å². The summed E-state index contributed by atoms with van der Waals surface area (Å²) in [4.78, 5) is 8.93. The molecule has 0 bridgehead atoms. The maximum atomic E-state index is 5.20. The summed E-state index contributed by atoms with van der Waals surface area (Å²) in [5, 5.41) is 10.0. The van der Waals surface area contributed by atoms with E-state index >= 15 is 0 Å². The molecule has 5 nitrogen and oxygen atoms in total. The number of guanidine groups is 1. The lowest BCUT2D eigenvalue weighted by molar-refractivity contribution is 0.172. The van der Waals surface area contributed by atoms with Crippen LogP contribution < -0.4 is 10.6 Å². The van der Waals surface area contributed by atoms with Crippen LogP contribution in [0, 0.1) is 5.41 Å². The molecule has 1 aromatic rings. The lowest BCUT2D eigenvalue weighted by Gasteiger charge is -2.17. The van der Waals surface area contributed by atoms with Crippen molar-refractivity contribution in [1.29, 1.82) is 0 Å². The van der Waals surface area contributed by atoms with Gasteiger partial charge >= 0.3 is 0 Å². The Labute approximate surface area is 137 Å². The van der Waals surface area contributed by atoms with Crippen LogP contribution >= 0.6 is 11.3 Å². The average Bonchev–Trinajstić information content (AvgIpc) is 3.11. The number of thiazole rings is 1. The van der Waals surface area contributed by atoms with Crippen molar-refractivity contribution in [2.45, 2.75) is 45.6 Å². The van der Waals surface area contributed by atoms with Crippen molar-refractivity contribution in [3.05, 3.63) is 16.1 Å². The van der Waals surface area contributed by atoms with E-state index in [2.05, 4.69) is 39.8 Å². The zero-order valence-corrected chi connectivity index (χ0v) is 14.9. The second kappa shape index (κ2) is 7.92. The predicted molar refractivity (Wildman–Crippen MR) is 92.6 cm³/mol. The molecule has 1 saturated carbocycles. The van der Waals surface area contributed by atoms with Crippen LogP contribution in [0.2, 0.25) is 0 Å². The zero-order valence-electron chi connectivity index (χ0n) is 14.1. The lowest BCUT2D eigenvalue weighted by Crippen LogP contribution is -2.40. The van der Waals surface area contributed by atoms with Crippen molar-refractivity contribution in [1.82, 2.24) is 15.6 Å². The van der Waals surface area contributed by atoms with Gasteiger partial charge in [-0.05, 0) is 30.6 Å². The summed E-state index contributed by atoms with van der Waals surface area (Å²) in [5.41, 5.74) is 1.58. The zero-order chi connectivity index (χ0) is 16.0. The summed E-state index contributed by atoms with van der Waals surface area (Å²) in [5.74, 6) is 1.34. The van der Waals surface area contributed by atoms with Gasteiger partial charge in [-0.1, -0.05) is 13.8 Å². The van der Waals surface area contributed by atoms with Crippen LogP contribution in [0.25, 0.3) is 0 Å². The van der Waals surface area contributed by atoms with Gasteiger partial charge in [0.15, 0.2) is 5.96 Å². The number of nitrogens with one attached hydrogen (secondary N) is 2. The van der Waals surface area contributed by atoms with E-state index in [1.807, 2.05) is 7.05 Å². The second-order valence-corrected chi connectivity index (χ2v) is 7.29. The van der Waals surface area contributed by atoms with Crippen molar-refractivity contribution in [3.63, 3.8) is 0 Å². The van der Waals surface area contributed by atoms with Gasteiger partial charge in [0.05, 0.1) is 12.2 Å². The highest BCUT2D eigenvalue weighted by atomic mass is 32.1. The van der Waals surface area contributed by atoms with E-state index in [1.54, 1.807) is 18.4 Å². The molecule has 1 heterocycles. The number of nitrogens with zero attached hydrogens (tertiary/aromatic N) is 2. The van der Waals surface area contributed by atoms with E-state index < -0.39 is 0 Å². The van der Waals surface area contributed by atoms with E-state index in [4.69, 9.17) is 4.74 Å². The first-order valence-corrected chi connectivity index (χ1v) is 8.84. The van der Waals surface area contributed by atoms with Crippen LogP contribution in [-0.2, 0) is 11.3 Å². The molecule has 1 fully saturated rings. The highest BCUT2D eigenvalue weighted by molar-refractivity contribution is 7.09. The number of aliphatic imine (C=N–C) groups is 1. The van der Waals surface area contributed by atoms with Gasteiger partial charge in [0.25, 0.3) is 0 Å². The summed E-state index contributed by atoms with van der Waals surface area (Å²) in [7, 11) is 3.58. The van der Waals surface area contributed by atoms with Crippen molar-refractivity contribution in [2.24, 2.45) is 10.4 Å². The molecule has 1 aromatic heterocycles. The first-order valence-electron chi connectivity index (χ1n) is 7.96. The van der Waals surface area contributed by atoms with Crippen LogP contribution in [0.4, 0.5) is 0 Å². The topological polar surface area (TPSA) is 58.5 Å². The highest BCUT2D eigenvalue weighted by Crippen LogP contribution is 2.48. The molecule has 0 spiro atoms. The number of hydrogen-bond acceptors (Lipinski definition) is 4. The minimum atomic E-state index is 0.416. The van der Waals surface area contributed by atoms with Crippen molar-refractivity contribution in [2.75, 3.05) is 27.3 Å². The van der Waals surface area contributed by atoms with Gasteiger partial charge in [0, 0.05) is 32.7 Å². The fraction of sp³-hybridized carbons (Fsp3) is 0.750. The van der Waals surface area contributed by atoms with Crippen molar-refractivity contribution >= 4 is 17.3 Å². The number of rotatable bonds is 8. The Hall–Kier alpha value is -1.14. The summed E-state index contributed by atoms with van der Waals surface area (Å²) in [6.07, 6.45) is 3.69. The number of hydrogen-bond donors (Lipinski definition) is 2. The number of ether oxygens (including phenoxy) is 1. The van der Waals surface area contributed by atoms with Crippen LogP contribution in [0.15, 0.2) is 10.4 Å². The molecule has 1 aliphatic rings. The molecule has 0 aromatic carbocycles. The molecule has 6 heteroatoms. The Morgan fingerprint density at radius 3 is 2.77 bits per heavy atom. The first-order chi connectivity index (χ1) is 10.6. The van der Waals surface area contributed by atoms with Gasteiger partial charge in [-0.25, -0.2) is 4.98 Å². The normalized spacial score (nSPS) is 16.9. The SMILES string of the molecule is CN=C(NCc1nc(C(C)C)cs1)NCC1(CCOC)CC1. The van der Waals surface area contributed by atoms with E-state index in [0.717, 1.165) is 37.1 Å². The minimum Gasteiger partial charge on any atom is -0.385 e. The largest absolute Gasteiger partial charge is 0.385 e. The minimum absolute atomic E-state index is 0.416. The smallest absolute Gasteiger partial charge is 0.191 e. The van der Waals surface area contributed by atoms with Crippen molar-refractivity contribution < 1.29 is 4.74 Å². The number of methoxy groups -OCH3 is 1. The molecule has 1 aliphatic carbocycles. The fourth-order valence-electron chi connectivity index (χ4n) is 2.33. The molecule has 22 heavy (non-hydrogen) atoms. The van der Waals surface area contributed by atoms with Gasteiger partial charge in [-0.3, -0.25) is 4.99 Å².